The van der Waals surface area contributed by atoms with Crippen molar-refractivity contribution in [3.63, 3.8) is 0 Å². The molecule has 0 amide bonds. The smallest absolute Gasteiger partial charge is 0.364 e. The van der Waals surface area contributed by atoms with Crippen molar-refractivity contribution < 1.29 is 13.9 Å². The molecule has 1 aromatic carbocycles. The summed E-state index contributed by atoms with van der Waals surface area (Å²) in [7, 11) is 0. The molecule has 0 fully saturated rings. The van der Waals surface area contributed by atoms with Gasteiger partial charge in [0.25, 0.3) is 0 Å². The van der Waals surface area contributed by atoms with Crippen LogP contribution in [0.5, 0.6) is 5.75 Å². The van der Waals surface area contributed by atoms with Crippen LogP contribution in [0.2, 0.25) is 0 Å². The molecule has 0 aliphatic carbocycles. The lowest BCUT2D eigenvalue weighted by Crippen LogP contribution is -2.09. The molecule has 0 aliphatic heterocycles. The van der Waals surface area contributed by atoms with Gasteiger partial charge >= 0.3 is 5.97 Å². The quantitative estimate of drug-likeness (QED) is 0.680. The fourth-order valence-corrected chi connectivity index (χ4v) is 1.69. The highest BCUT2D eigenvalue weighted by atomic mass is 19.1. The van der Waals surface area contributed by atoms with Crippen molar-refractivity contribution in [2.75, 3.05) is 0 Å². The first-order valence-electron chi connectivity index (χ1n) is 6.07. The number of para-hydroxylation sites is 1. The zero-order chi connectivity index (χ0) is 13.8. The lowest BCUT2D eigenvalue weighted by Gasteiger charge is -2.02. The third-order valence-electron chi connectivity index (χ3n) is 2.51. The highest BCUT2D eigenvalue weighted by Crippen LogP contribution is 2.17. The van der Waals surface area contributed by atoms with Gasteiger partial charge in [0.1, 0.15) is 0 Å². The van der Waals surface area contributed by atoms with Gasteiger partial charge in [-0.1, -0.05) is 26.0 Å². The molecule has 4 nitrogen and oxygen atoms in total. The van der Waals surface area contributed by atoms with Gasteiger partial charge in [-0.05, 0) is 30.5 Å². The number of hydrogen-bond acceptors (Lipinski definition) is 3. The van der Waals surface area contributed by atoms with Crippen molar-refractivity contribution in [1.29, 1.82) is 0 Å². The number of aromatic amines is 1. The summed E-state index contributed by atoms with van der Waals surface area (Å²) in [6, 6.07) is 7.39. The van der Waals surface area contributed by atoms with Crippen LogP contribution in [0.1, 0.15) is 30.0 Å². The maximum Gasteiger partial charge on any atom is 0.364 e. The number of carbonyl (C=O) groups is 1. The van der Waals surface area contributed by atoms with Crippen LogP contribution in [0.4, 0.5) is 4.39 Å². The number of hydrogen-bond donors (Lipinski definition) is 1. The summed E-state index contributed by atoms with van der Waals surface area (Å²) in [5, 5.41) is 6.65. The number of nitrogens with one attached hydrogen (secondary N) is 1. The first-order chi connectivity index (χ1) is 9.06. The van der Waals surface area contributed by atoms with Gasteiger partial charge < -0.3 is 4.74 Å². The lowest BCUT2D eigenvalue weighted by atomic mass is 10.1. The number of carbonyl (C=O) groups excluding carboxylic acids is 1. The Balaban J connectivity index is 2.08. The topological polar surface area (TPSA) is 55.0 Å². The summed E-state index contributed by atoms with van der Waals surface area (Å²) >= 11 is 0. The average Bonchev–Trinajstić information content (AvgIpc) is 2.79. The predicted octanol–water partition coefficient (Wildman–Crippen LogP) is 2.97. The standard InChI is InChI=1S/C14H15FN2O2/c1-9(2)7-10-8-12(17-16-10)14(18)19-13-6-4-3-5-11(13)15/h3-6,8-9H,7H2,1-2H3,(H,16,17). The van der Waals surface area contributed by atoms with Crippen LogP contribution in [0.3, 0.4) is 0 Å². The summed E-state index contributed by atoms with van der Waals surface area (Å²) in [6.07, 6.45) is 0.792. The molecule has 19 heavy (non-hydrogen) atoms. The van der Waals surface area contributed by atoms with E-state index >= 15 is 0 Å². The number of H-pyrrole nitrogens is 1. The number of esters is 1. The van der Waals surface area contributed by atoms with Gasteiger partial charge in [-0.25, -0.2) is 9.18 Å². The van der Waals surface area contributed by atoms with Crippen molar-refractivity contribution in [3.8, 4) is 5.75 Å². The molecule has 2 aromatic rings. The molecule has 0 atom stereocenters. The Hall–Kier alpha value is -2.17. The summed E-state index contributed by atoms with van der Waals surface area (Å²) < 4.78 is 18.3. The molecular formula is C14H15FN2O2. The van der Waals surface area contributed by atoms with E-state index in [9.17, 15) is 9.18 Å². The van der Waals surface area contributed by atoms with Crippen molar-refractivity contribution in [3.05, 3.63) is 47.5 Å². The van der Waals surface area contributed by atoms with E-state index in [-0.39, 0.29) is 11.4 Å². The minimum Gasteiger partial charge on any atom is -0.419 e. The van der Waals surface area contributed by atoms with E-state index in [1.54, 1.807) is 12.1 Å². The Morgan fingerprint density at radius 3 is 2.84 bits per heavy atom. The Bertz CT molecular complexity index is 578. The Labute approximate surface area is 110 Å². The van der Waals surface area contributed by atoms with Crippen LogP contribution in [0.15, 0.2) is 30.3 Å². The molecule has 0 unspecified atom stereocenters. The van der Waals surface area contributed by atoms with Gasteiger partial charge in [0.15, 0.2) is 17.3 Å². The van der Waals surface area contributed by atoms with Gasteiger partial charge in [0.2, 0.25) is 0 Å². The molecule has 0 saturated carbocycles. The number of rotatable bonds is 4. The first kappa shape index (κ1) is 13.3. The lowest BCUT2D eigenvalue weighted by molar-refractivity contribution is 0.0721. The monoisotopic (exact) mass is 262 g/mol. The van der Waals surface area contributed by atoms with E-state index in [1.165, 1.54) is 18.2 Å². The van der Waals surface area contributed by atoms with Crippen LogP contribution < -0.4 is 4.74 Å². The van der Waals surface area contributed by atoms with E-state index in [4.69, 9.17) is 4.74 Å². The van der Waals surface area contributed by atoms with E-state index in [2.05, 4.69) is 24.0 Å². The van der Waals surface area contributed by atoms with Gasteiger partial charge in [-0.2, -0.15) is 5.10 Å². The minimum absolute atomic E-state index is 0.0964. The van der Waals surface area contributed by atoms with Crippen molar-refractivity contribution >= 4 is 5.97 Å². The van der Waals surface area contributed by atoms with Gasteiger partial charge in [0.05, 0.1) is 0 Å². The summed E-state index contributed by atoms with van der Waals surface area (Å²) in [5.74, 6) is -0.887. The van der Waals surface area contributed by atoms with E-state index < -0.39 is 11.8 Å². The third kappa shape index (κ3) is 3.40. The van der Waals surface area contributed by atoms with E-state index in [0.29, 0.717) is 5.92 Å². The molecule has 100 valence electrons. The summed E-state index contributed by atoms with van der Waals surface area (Å²) in [4.78, 5) is 11.8. The zero-order valence-corrected chi connectivity index (χ0v) is 10.8. The maximum absolute atomic E-state index is 13.3. The predicted molar refractivity (Wildman–Crippen MR) is 68.5 cm³/mol. The van der Waals surface area contributed by atoms with Crippen LogP contribution in [-0.2, 0) is 6.42 Å². The highest BCUT2D eigenvalue weighted by Gasteiger charge is 2.15. The summed E-state index contributed by atoms with van der Waals surface area (Å²) in [6.45, 7) is 4.14. The van der Waals surface area contributed by atoms with E-state index in [1.807, 2.05) is 0 Å². The molecule has 5 heteroatoms. The number of benzene rings is 1. The SMILES string of the molecule is CC(C)Cc1cc(C(=O)Oc2ccccc2F)n[nH]1. The minimum atomic E-state index is -0.670. The molecule has 0 aliphatic rings. The zero-order valence-electron chi connectivity index (χ0n) is 10.8. The molecule has 0 radical (unpaired) electrons. The third-order valence-corrected chi connectivity index (χ3v) is 2.51. The van der Waals surface area contributed by atoms with Gasteiger partial charge in [-0.15, -0.1) is 0 Å². The second kappa shape index (κ2) is 5.65. The second-order valence-electron chi connectivity index (χ2n) is 4.70. The molecule has 0 spiro atoms. The normalized spacial score (nSPS) is 10.7. The fourth-order valence-electron chi connectivity index (χ4n) is 1.69. The first-order valence-corrected chi connectivity index (χ1v) is 6.07. The van der Waals surface area contributed by atoms with Gasteiger partial charge in [0, 0.05) is 5.69 Å². The van der Waals surface area contributed by atoms with Crippen molar-refractivity contribution in [2.24, 2.45) is 5.92 Å². The molecule has 2 rings (SSSR count). The molecule has 0 saturated heterocycles. The van der Waals surface area contributed by atoms with Gasteiger partial charge in [-0.3, -0.25) is 5.10 Å². The maximum atomic E-state index is 13.3. The van der Waals surface area contributed by atoms with Crippen LogP contribution in [0, 0.1) is 11.7 Å². The molecule has 1 heterocycles. The van der Waals surface area contributed by atoms with Crippen molar-refractivity contribution in [1.82, 2.24) is 10.2 Å². The Morgan fingerprint density at radius 2 is 2.16 bits per heavy atom. The van der Waals surface area contributed by atoms with Crippen LogP contribution >= 0.6 is 0 Å². The molecular weight excluding hydrogens is 247 g/mol. The fraction of sp³-hybridized carbons (Fsp3) is 0.286. The Kier molecular flexibility index (Phi) is 3.94. The number of ether oxygens (including phenoxy) is 1. The number of halogens is 1. The number of aromatic nitrogens is 2. The second-order valence-corrected chi connectivity index (χ2v) is 4.70. The molecule has 1 aromatic heterocycles. The Morgan fingerprint density at radius 1 is 1.42 bits per heavy atom. The largest absolute Gasteiger partial charge is 0.419 e. The van der Waals surface area contributed by atoms with E-state index in [0.717, 1.165) is 12.1 Å². The van der Waals surface area contributed by atoms with Crippen molar-refractivity contribution in [2.45, 2.75) is 20.3 Å². The summed E-state index contributed by atoms with van der Waals surface area (Å²) in [5.41, 5.74) is 1.01. The average molecular weight is 262 g/mol. The van der Waals surface area contributed by atoms with Crippen LogP contribution in [-0.4, -0.2) is 16.2 Å². The number of nitrogens with zero attached hydrogens (tertiary/aromatic N) is 1. The molecule has 0 bridgehead atoms. The van der Waals surface area contributed by atoms with Crippen LogP contribution in [0.25, 0.3) is 0 Å². The molecule has 1 N–H and O–H groups in total. The highest BCUT2D eigenvalue weighted by molar-refractivity contribution is 5.89.